The first-order valence-corrected chi connectivity index (χ1v) is 10.4. The Labute approximate surface area is 160 Å². The third kappa shape index (κ3) is 5.65. The summed E-state index contributed by atoms with van der Waals surface area (Å²) in [4.78, 5) is 14.2. The molecular weight excluding hydrogens is 372 g/mol. The van der Waals surface area contributed by atoms with Gasteiger partial charge in [-0.15, -0.1) is 0 Å². The Hall–Kier alpha value is -1.71. The number of carbonyl (C=O) groups excluding carboxylic acids is 1. The molecule has 0 spiro atoms. The standard InChI is InChI=1S/C17H26N4O3S2/c1-12-10-17(2,3)20-16(25)21(12)11-15(22)19-9-8-13-4-6-14(7-5-13)26(18,23)24/h4-7,12H,8-11H2,1-3H3,(H,19,22)(H,20,25)(H2,18,23,24). The highest BCUT2D eigenvalue weighted by Crippen LogP contribution is 2.21. The third-order valence-electron chi connectivity index (χ3n) is 4.35. The minimum atomic E-state index is -3.68. The van der Waals surface area contributed by atoms with E-state index in [0.29, 0.717) is 18.1 Å². The number of nitrogens with zero attached hydrogens (tertiary/aromatic N) is 1. The zero-order valence-electron chi connectivity index (χ0n) is 15.3. The van der Waals surface area contributed by atoms with E-state index in [0.717, 1.165) is 12.0 Å². The predicted octanol–water partition coefficient (Wildman–Crippen LogP) is 0.740. The van der Waals surface area contributed by atoms with Gasteiger partial charge in [-0.3, -0.25) is 4.79 Å². The first kappa shape index (κ1) is 20.6. The summed E-state index contributed by atoms with van der Waals surface area (Å²) >= 11 is 5.38. The number of hydrogen-bond acceptors (Lipinski definition) is 4. The molecule has 1 heterocycles. The summed E-state index contributed by atoms with van der Waals surface area (Å²) < 4.78 is 22.5. The van der Waals surface area contributed by atoms with Crippen LogP contribution in [0.1, 0.15) is 32.8 Å². The van der Waals surface area contributed by atoms with E-state index in [1.165, 1.54) is 12.1 Å². The minimum absolute atomic E-state index is 0.0628. The van der Waals surface area contributed by atoms with Crippen molar-refractivity contribution in [2.45, 2.75) is 50.1 Å². The van der Waals surface area contributed by atoms with Crippen LogP contribution in [0.25, 0.3) is 0 Å². The van der Waals surface area contributed by atoms with Gasteiger partial charge in [0.2, 0.25) is 15.9 Å². The lowest BCUT2D eigenvalue weighted by Gasteiger charge is -2.44. The molecule has 26 heavy (non-hydrogen) atoms. The highest BCUT2D eigenvalue weighted by atomic mass is 32.2. The number of benzene rings is 1. The monoisotopic (exact) mass is 398 g/mol. The summed E-state index contributed by atoms with van der Waals surface area (Å²) in [5.74, 6) is -0.0955. The summed E-state index contributed by atoms with van der Waals surface area (Å²) in [5.41, 5.74) is 0.857. The maximum absolute atomic E-state index is 12.2. The molecule has 1 aromatic rings. The average Bonchev–Trinajstić information content (AvgIpc) is 2.50. The smallest absolute Gasteiger partial charge is 0.239 e. The molecule has 1 saturated heterocycles. The topological polar surface area (TPSA) is 105 Å². The van der Waals surface area contributed by atoms with Gasteiger partial charge in [-0.05, 0) is 63.5 Å². The Bertz CT molecular complexity index is 776. The molecule has 1 amide bonds. The number of nitrogens with one attached hydrogen (secondary N) is 2. The quantitative estimate of drug-likeness (QED) is 0.611. The Morgan fingerprint density at radius 3 is 2.54 bits per heavy atom. The molecule has 7 nitrogen and oxygen atoms in total. The van der Waals surface area contributed by atoms with Crippen LogP contribution in [0, 0.1) is 0 Å². The second-order valence-corrected chi connectivity index (χ2v) is 9.23. The summed E-state index contributed by atoms with van der Waals surface area (Å²) in [5, 5.41) is 11.8. The van der Waals surface area contributed by atoms with Gasteiger partial charge in [-0.1, -0.05) is 12.1 Å². The van der Waals surface area contributed by atoms with Crippen molar-refractivity contribution in [2.75, 3.05) is 13.1 Å². The van der Waals surface area contributed by atoms with Crippen LogP contribution in [0.3, 0.4) is 0 Å². The van der Waals surface area contributed by atoms with Gasteiger partial charge in [0.25, 0.3) is 0 Å². The van der Waals surface area contributed by atoms with Crippen molar-refractivity contribution in [1.82, 2.24) is 15.5 Å². The van der Waals surface area contributed by atoms with E-state index < -0.39 is 10.0 Å². The normalized spacial score (nSPS) is 19.8. The van der Waals surface area contributed by atoms with Crippen LogP contribution in [-0.2, 0) is 21.2 Å². The molecule has 4 N–H and O–H groups in total. The zero-order chi connectivity index (χ0) is 19.5. The van der Waals surface area contributed by atoms with Gasteiger partial charge in [-0.2, -0.15) is 0 Å². The van der Waals surface area contributed by atoms with Crippen LogP contribution < -0.4 is 15.8 Å². The van der Waals surface area contributed by atoms with Crippen molar-refractivity contribution >= 4 is 33.3 Å². The molecule has 0 radical (unpaired) electrons. The SMILES string of the molecule is CC1CC(C)(C)NC(=S)N1CC(=O)NCCc1ccc(S(N)(=O)=O)cc1. The van der Waals surface area contributed by atoms with Gasteiger partial charge in [0.05, 0.1) is 11.4 Å². The molecular formula is C17H26N4O3S2. The fourth-order valence-electron chi connectivity index (χ4n) is 3.09. The fourth-order valence-corrected chi connectivity index (χ4v) is 4.13. The van der Waals surface area contributed by atoms with Gasteiger partial charge in [-0.25, -0.2) is 13.6 Å². The van der Waals surface area contributed by atoms with Crippen LogP contribution in [0.15, 0.2) is 29.2 Å². The maximum atomic E-state index is 12.2. The second-order valence-electron chi connectivity index (χ2n) is 7.28. The van der Waals surface area contributed by atoms with Crippen molar-refractivity contribution in [3.8, 4) is 0 Å². The summed E-state index contributed by atoms with van der Waals surface area (Å²) in [7, 11) is -3.68. The number of carbonyl (C=O) groups is 1. The van der Waals surface area contributed by atoms with E-state index in [-0.39, 0.29) is 28.9 Å². The van der Waals surface area contributed by atoms with E-state index in [1.807, 2.05) is 4.90 Å². The minimum Gasteiger partial charge on any atom is -0.358 e. The lowest BCUT2D eigenvalue weighted by molar-refractivity contribution is -0.121. The second kappa shape index (κ2) is 7.89. The van der Waals surface area contributed by atoms with Crippen molar-refractivity contribution < 1.29 is 13.2 Å². The maximum Gasteiger partial charge on any atom is 0.239 e. The highest BCUT2D eigenvalue weighted by molar-refractivity contribution is 7.89. The first-order valence-electron chi connectivity index (χ1n) is 8.45. The van der Waals surface area contributed by atoms with Crippen molar-refractivity contribution in [1.29, 1.82) is 0 Å². The van der Waals surface area contributed by atoms with E-state index in [1.54, 1.807) is 12.1 Å². The number of sulfonamides is 1. The zero-order valence-corrected chi connectivity index (χ0v) is 16.9. The highest BCUT2D eigenvalue weighted by Gasteiger charge is 2.33. The number of primary sulfonamides is 1. The Kier molecular flexibility index (Phi) is 6.25. The molecule has 0 bridgehead atoms. The molecule has 1 aliphatic rings. The van der Waals surface area contributed by atoms with Gasteiger partial charge in [0.15, 0.2) is 5.11 Å². The molecule has 1 aromatic carbocycles. The lowest BCUT2D eigenvalue weighted by Crippen LogP contribution is -2.61. The molecule has 0 aliphatic carbocycles. The largest absolute Gasteiger partial charge is 0.358 e. The molecule has 1 aliphatic heterocycles. The Balaban J connectivity index is 1.81. The van der Waals surface area contributed by atoms with Crippen LogP contribution in [0.4, 0.5) is 0 Å². The van der Waals surface area contributed by atoms with Crippen molar-refractivity contribution in [2.24, 2.45) is 5.14 Å². The molecule has 144 valence electrons. The van der Waals surface area contributed by atoms with Gasteiger partial charge in [0.1, 0.15) is 0 Å². The average molecular weight is 399 g/mol. The van der Waals surface area contributed by atoms with E-state index in [2.05, 4.69) is 31.4 Å². The fraction of sp³-hybridized carbons (Fsp3) is 0.529. The number of rotatable bonds is 6. The Morgan fingerprint density at radius 2 is 2.00 bits per heavy atom. The lowest BCUT2D eigenvalue weighted by atomic mass is 9.93. The van der Waals surface area contributed by atoms with Crippen LogP contribution in [-0.4, -0.2) is 49.0 Å². The van der Waals surface area contributed by atoms with Crippen molar-refractivity contribution in [3.05, 3.63) is 29.8 Å². The molecule has 0 aromatic heterocycles. The van der Waals surface area contributed by atoms with Crippen LogP contribution in [0.5, 0.6) is 0 Å². The first-order chi connectivity index (χ1) is 12.0. The Morgan fingerprint density at radius 1 is 1.38 bits per heavy atom. The van der Waals surface area contributed by atoms with E-state index in [4.69, 9.17) is 17.4 Å². The number of thiocarbonyl (C=S) groups is 1. The van der Waals surface area contributed by atoms with Crippen LogP contribution >= 0.6 is 12.2 Å². The third-order valence-corrected chi connectivity index (χ3v) is 5.61. The summed E-state index contributed by atoms with van der Waals surface area (Å²) in [6.07, 6.45) is 1.50. The van der Waals surface area contributed by atoms with Crippen molar-refractivity contribution in [3.63, 3.8) is 0 Å². The molecule has 2 rings (SSSR count). The molecule has 1 fully saturated rings. The molecule has 0 saturated carbocycles. The predicted molar refractivity (Wildman–Crippen MR) is 105 cm³/mol. The van der Waals surface area contributed by atoms with Gasteiger partial charge < -0.3 is 15.5 Å². The van der Waals surface area contributed by atoms with E-state index in [9.17, 15) is 13.2 Å². The summed E-state index contributed by atoms with van der Waals surface area (Å²) in [6, 6.07) is 6.51. The van der Waals surface area contributed by atoms with E-state index >= 15 is 0 Å². The molecule has 1 atom stereocenters. The number of amides is 1. The number of hydrogen-bond donors (Lipinski definition) is 3. The van der Waals surface area contributed by atoms with Gasteiger partial charge >= 0.3 is 0 Å². The molecule has 1 unspecified atom stereocenters. The van der Waals surface area contributed by atoms with Crippen LogP contribution in [0.2, 0.25) is 0 Å². The summed E-state index contributed by atoms with van der Waals surface area (Å²) in [6.45, 7) is 6.92. The molecule has 9 heteroatoms. The van der Waals surface area contributed by atoms with Gasteiger partial charge in [0, 0.05) is 18.1 Å². The number of nitrogens with two attached hydrogens (primary N) is 1.